The quantitative estimate of drug-likeness (QED) is 0.133. The number of piperidine rings is 1. The van der Waals surface area contributed by atoms with E-state index in [9.17, 15) is 4.79 Å². The molecule has 43 heavy (non-hydrogen) atoms. The van der Waals surface area contributed by atoms with Gasteiger partial charge >= 0.3 is 5.97 Å². The molecule has 0 radical (unpaired) electrons. The van der Waals surface area contributed by atoms with Crippen LogP contribution in [-0.2, 0) is 32.0 Å². The molecule has 0 unspecified atom stereocenters. The summed E-state index contributed by atoms with van der Waals surface area (Å²) in [5.41, 5.74) is 3.10. The first-order valence-corrected chi connectivity index (χ1v) is 15.1. The maximum absolute atomic E-state index is 11.1. The van der Waals surface area contributed by atoms with Gasteiger partial charge in [-0.15, -0.1) is 0 Å². The van der Waals surface area contributed by atoms with Crippen LogP contribution in [0.3, 0.4) is 0 Å². The summed E-state index contributed by atoms with van der Waals surface area (Å²) in [7, 11) is 3.32. The second-order valence-corrected chi connectivity index (χ2v) is 10.4. The molecular formula is C31H45N7O5. The zero-order valence-corrected chi connectivity index (χ0v) is 25.7. The number of hydrogen-bond donors (Lipinski definition) is 1. The molecule has 0 spiro atoms. The number of anilines is 2. The second-order valence-electron chi connectivity index (χ2n) is 10.4. The molecule has 0 saturated carbocycles. The maximum atomic E-state index is 11.1. The molecule has 1 saturated heterocycles. The predicted octanol–water partition coefficient (Wildman–Crippen LogP) is 3.36. The summed E-state index contributed by atoms with van der Waals surface area (Å²) in [6.45, 7) is 8.67. The Labute approximate surface area is 254 Å². The standard InChI is InChI=1S/C31H45N7O5/c1-4-26-24-34-38-27(21-28(35-31(26)38)37-13-6-5-7-14-37)32-22-25-10-11-29(33-23-25)43-20-19-42-18-17-41-16-15-36(2)12-8-9-30(39)40-3/h8-11,21,23-24,32H,4-7,12-20,22H2,1-3H3/b9-8+. The van der Waals surface area contributed by atoms with E-state index >= 15 is 0 Å². The fourth-order valence-electron chi connectivity index (χ4n) is 4.69. The third kappa shape index (κ3) is 10.2. The van der Waals surface area contributed by atoms with Crippen molar-refractivity contribution in [3.05, 3.63) is 53.9 Å². The SMILES string of the molecule is CCc1cnn2c(NCc3ccc(OCCOCCOCCN(C)C/C=C/C(=O)OC)nc3)cc(N3CCCCC3)nc12. The Bertz CT molecular complexity index is 1290. The van der Waals surface area contributed by atoms with Gasteiger partial charge in [0.1, 0.15) is 18.2 Å². The normalized spacial score (nSPS) is 13.7. The zero-order valence-electron chi connectivity index (χ0n) is 25.7. The van der Waals surface area contributed by atoms with Gasteiger partial charge in [-0.3, -0.25) is 0 Å². The Kier molecular flexibility index (Phi) is 13.0. The minimum Gasteiger partial charge on any atom is -0.475 e. The summed E-state index contributed by atoms with van der Waals surface area (Å²) in [6.07, 6.45) is 11.5. The van der Waals surface area contributed by atoms with Crippen molar-refractivity contribution in [2.45, 2.75) is 39.2 Å². The van der Waals surface area contributed by atoms with Gasteiger partial charge in [-0.05, 0) is 38.3 Å². The van der Waals surface area contributed by atoms with Crippen LogP contribution < -0.4 is 15.0 Å². The monoisotopic (exact) mass is 595 g/mol. The minimum atomic E-state index is -0.351. The van der Waals surface area contributed by atoms with Crippen molar-refractivity contribution in [3.8, 4) is 5.88 Å². The summed E-state index contributed by atoms with van der Waals surface area (Å²) < 4.78 is 23.4. The van der Waals surface area contributed by atoms with Crippen molar-refractivity contribution in [2.75, 3.05) is 83.6 Å². The number of likely N-dealkylation sites (N-methyl/N-ethyl adjacent to an activating group) is 1. The first kappa shape index (κ1) is 32.2. The molecule has 12 nitrogen and oxygen atoms in total. The Hall–Kier alpha value is -3.74. The van der Waals surface area contributed by atoms with E-state index in [-0.39, 0.29) is 5.97 Å². The van der Waals surface area contributed by atoms with Crippen LogP contribution in [0, 0.1) is 0 Å². The van der Waals surface area contributed by atoms with Crippen molar-refractivity contribution in [1.82, 2.24) is 24.5 Å². The van der Waals surface area contributed by atoms with Crippen molar-refractivity contribution in [3.63, 3.8) is 0 Å². The number of esters is 1. The molecule has 0 amide bonds. The average molecular weight is 596 g/mol. The van der Waals surface area contributed by atoms with E-state index in [2.05, 4.69) is 38.0 Å². The third-order valence-electron chi connectivity index (χ3n) is 7.20. The molecule has 12 heteroatoms. The highest BCUT2D eigenvalue weighted by molar-refractivity contribution is 5.81. The van der Waals surface area contributed by atoms with E-state index < -0.39 is 0 Å². The van der Waals surface area contributed by atoms with Gasteiger partial charge < -0.3 is 34.1 Å². The largest absolute Gasteiger partial charge is 0.475 e. The number of fused-ring (bicyclic) bond motifs is 1. The predicted molar refractivity (Wildman–Crippen MR) is 166 cm³/mol. The van der Waals surface area contributed by atoms with Gasteiger partial charge in [-0.2, -0.15) is 9.61 Å². The summed E-state index contributed by atoms with van der Waals surface area (Å²) in [5, 5.41) is 8.14. The van der Waals surface area contributed by atoms with Gasteiger partial charge in [0, 0.05) is 62.7 Å². The van der Waals surface area contributed by atoms with Crippen LogP contribution in [-0.4, -0.2) is 104 Å². The molecule has 4 heterocycles. The molecular weight excluding hydrogens is 550 g/mol. The van der Waals surface area contributed by atoms with Crippen LogP contribution >= 0.6 is 0 Å². The number of aryl methyl sites for hydroxylation is 1. The Balaban J connectivity index is 1.13. The smallest absolute Gasteiger partial charge is 0.330 e. The van der Waals surface area contributed by atoms with E-state index in [1.165, 1.54) is 32.4 Å². The fourth-order valence-corrected chi connectivity index (χ4v) is 4.69. The molecule has 0 bridgehead atoms. The van der Waals surface area contributed by atoms with Gasteiger partial charge in [0.05, 0.1) is 39.7 Å². The highest BCUT2D eigenvalue weighted by Gasteiger charge is 2.17. The molecule has 1 aliphatic heterocycles. The lowest BCUT2D eigenvalue weighted by Crippen LogP contribution is -2.30. The minimum absolute atomic E-state index is 0.351. The summed E-state index contributed by atoms with van der Waals surface area (Å²) in [5.74, 6) is 2.14. The number of carbonyl (C=O) groups is 1. The highest BCUT2D eigenvalue weighted by Crippen LogP contribution is 2.25. The number of hydrogen-bond acceptors (Lipinski definition) is 11. The van der Waals surface area contributed by atoms with Gasteiger partial charge in [0.2, 0.25) is 5.88 Å². The summed E-state index contributed by atoms with van der Waals surface area (Å²) >= 11 is 0. The van der Waals surface area contributed by atoms with E-state index in [0.29, 0.717) is 52.0 Å². The number of aromatic nitrogens is 4. The first-order valence-electron chi connectivity index (χ1n) is 15.1. The van der Waals surface area contributed by atoms with Crippen LogP contribution in [0.4, 0.5) is 11.6 Å². The third-order valence-corrected chi connectivity index (χ3v) is 7.20. The lowest BCUT2D eigenvalue weighted by molar-refractivity contribution is -0.134. The highest BCUT2D eigenvalue weighted by atomic mass is 16.5. The van der Waals surface area contributed by atoms with Crippen molar-refractivity contribution in [2.24, 2.45) is 0 Å². The van der Waals surface area contributed by atoms with E-state index in [0.717, 1.165) is 54.5 Å². The first-order chi connectivity index (χ1) is 21.1. The van der Waals surface area contributed by atoms with E-state index in [1.54, 1.807) is 6.08 Å². The molecule has 3 aromatic heterocycles. The molecule has 1 aliphatic rings. The van der Waals surface area contributed by atoms with Gasteiger partial charge in [-0.25, -0.2) is 14.8 Å². The van der Waals surface area contributed by atoms with Crippen molar-refractivity contribution < 1.29 is 23.7 Å². The van der Waals surface area contributed by atoms with Gasteiger partial charge in [-0.1, -0.05) is 19.1 Å². The molecule has 0 aromatic carbocycles. The summed E-state index contributed by atoms with van der Waals surface area (Å²) in [4.78, 5) is 24.9. The lowest BCUT2D eigenvalue weighted by atomic mass is 10.1. The Morgan fingerprint density at radius 3 is 2.60 bits per heavy atom. The molecule has 234 valence electrons. The number of methoxy groups -OCH3 is 1. The average Bonchev–Trinajstić information content (AvgIpc) is 3.47. The number of nitrogens with zero attached hydrogens (tertiary/aromatic N) is 6. The van der Waals surface area contributed by atoms with Crippen LogP contribution in [0.15, 0.2) is 42.7 Å². The van der Waals surface area contributed by atoms with Crippen LogP contribution in [0.2, 0.25) is 0 Å². The van der Waals surface area contributed by atoms with Gasteiger partial charge in [0.25, 0.3) is 0 Å². The number of carbonyl (C=O) groups excluding carboxylic acids is 1. The number of ether oxygens (including phenoxy) is 4. The molecule has 3 aromatic rings. The number of pyridine rings is 1. The molecule has 1 N–H and O–H groups in total. The second kappa shape index (κ2) is 17.4. The molecule has 4 rings (SSSR count). The topological polar surface area (TPSA) is 116 Å². The zero-order chi connectivity index (χ0) is 30.3. The molecule has 0 atom stereocenters. The van der Waals surface area contributed by atoms with Crippen molar-refractivity contribution >= 4 is 23.3 Å². The van der Waals surface area contributed by atoms with Crippen LogP contribution in [0.25, 0.3) is 5.65 Å². The molecule has 1 fully saturated rings. The summed E-state index contributed by atoms with van der Waals surface area (Å²) in [6, 6.07) is 5.99. The number of rotatable bonds is 18. The fraction of sp³-hybridized carbons (Fsp3) is 0.548. The lowest BCUT2D eigenvalue weighted by Gasteiger charge is -2.28. The van der Waals surface area contributed by atoms with E-state index in [4.69, 9.17) is 19.2 Å². The van der Waals surface area contributed by atoms with E-state index in [1.807, 2.05) is 41.0 Å². The molecule has 0 aliphatic carbocycles. The Morgan fingerprint density at radius 1 is 1.07 bits per heavy atom. The van der Waals surface area contributed by atoms with Crippen LogP contribution in [0.1, 0.15) is 37.3 Å². The maximum Gasteiger partial charge on any atom is 0.330 e. The van der Waals surface area contributed by atoms with Crippen LogP contribution in [0.5, 0.6) is 5.88 Å². The van der Waals surface area contributed by atoms with Crippen molar-refractivity contribution in [1.29, 1.82) is 0 Å². The Morgan fingerprint density at radius 2 is 1.86 bits per heavy atom. The number of nitrogens with one attached hydrogen (secondary N) is 1. The van der Waals surface area contributed by atoms with Gasteiger partial charge in [0.15, 0.2) is 5.65 Å².